The van der Waals surface area contributed by atoms with Crippen molar-refractivity contribution in [3.8, 4) is 0 Å². The van der Waals surface area contributed by atoms with Gasteiger partial charge in [0.25, 0.3) is 0 Å². The summed E-state index contributed by atoms with van der Waals surface area (Å²) < 4.78 is 7.10. The Balaban J connectivity index is 0.00000392. The molecular weight excluding hydrogens is 469 g/mol. The summed E-state index contributed by atoms with van der Waals surface area (Å²) in [7, 11) is 3.69. The summed E-state index contributed by atoms with van der Waals surface area (Å²) in [5.74, 6) is 2.60. The summed E-state index contributed by atoms with van der Waals surface area (Å²) in [6.07, 6.45) is 3.15. The van der Waals surface area contributed by atoms with Crippen LogP contribution in [-0.4, -0.2) is 71.6 Å². The van der Waals surface area contributed by atoms with Crippen LogP contribution >= 0.6 is 24.0 Å². The van der Waals surface area contributed by atoms with E-state index in [1.807, 2.05) is 18.5 Å². The van der Waals surface area contributed by atoms with Gasteiger partial charge in [-0.3, -0.25) is 4.90 Å². The van der Waals surface area contributed by atoms with Gasteiger partial charge in [-0.05, 0) is 33.1 Å². The van der Waals surface area contributed by atoms with Crippen LogP contribution < -0.4 is 10.6 Å². The number of aliphatic imine (C=N–C) groups is 1. The second-order valence-corrected chi connectivity index (χ2v) is 7.31. The number of halogens is 1. The van der Waals surface area contributed by atoms with Crippen molar-refractivity contribution < 1.29 is 4.74 Å². The summed E-state index contributed by atoms with van der Waals surface area (Å²) in [4.78, 5) is 7.19. The third-order valence-corrected chi connectivity index (χ3v) is 4.80. The third-order valence-electron chi connectivity index (χ3n) is 4.80. The molecule has 1 saturated heterocycles. The number of methoxy groups -OCH3 is 1. The Morgan fingerprint density at radius 2 is 2.04 bits per heavy atom. The number of nitrogens with one attached hydrogen (secondary N) is 2. The summed E-state index contributed by atoms with van der Waals surface area (Å²) in [6, 6.07) is 0.432. The molecule has 0 aromatic carbocycles. The van der Waals surface area contributed by atoms with Crippen LogP contribution in [0.25, 0.3) is 0 Å². The highest BCUT2D eigenvalue weighted by Crippen LogP contribution is 2.11. The molecule has 0 bridgehead atoms. The molecule has 1 fully saturated rings. The molecule has 8 nitrogen and oxygen atoms in total. The average Bonchev–Trinajstić information content (AvgIpc) is 2.96. The van der Waals surface area contributed by atoms with Gasteiger partial charge in [0.15, 0.2) is 11.8 Å². The van der Waals surface area contributed by atoms with E-state index in [-0.39, 0.29) is 24.0 Å². The van der Waals surface area contributed by atoms with E-state index in [1.54, 1.807) is 7.11 Å². The summed E-state index contributed by atoms with van der Waals surface area (Å²) in [5.41, 5.74) is 1.22. The fraction of sp³-hybridized carbons (Fsp3) is 0.737. The number of aryl methyl sites for hydroxylation is 1. The van der Waals surface area contributed by atoms with E-state index in [0.717, 1.165) is 69.7 Å². The van der Waals surface area contributed by atoms with E-state index < -0.39 is 0 Å². The van der Waals surface area contributed by atoms with Crippen LogP contribution in [0.4, 0.5) is 0 Å². The van der Waals surface area contributed by atoms with Crippen LogP contribution in [-0.2, 0) is 18.3 Å². The van der Waals surface area contributed by atoms with Crippen molar-refractivity contribution in [3.05, 3.63) is 23.8 Å². The maximum absolute atomic E-state index is 5.13. The fourth-order valence-corrected chi connectivity index (χ4v) is 3.12. The van der Waals surface area contributed by atoms with Gasteiger partial charge in [-0.15, -0.1) is 34.2 Å². The van der Waals surface area contributed by atoms with E-state index in [4.69, 9.17) is 9.73 Å². The lowest BCUT2D eigenvalue weighted by atomic mass is 10.0. The van der Waals surface area contributed by atoms with Crippen LogP contribution in [0.5, 0.6) is 0 Å². The van der Waals surface area contributed by atoms with Gasteiger partial charge in [-0.1, -0.05) is 12.2 Å². The van der Waals surface area contributed by atoms with Crippen LogP contribution in [0.15, 0.2) is 17.1 Å². The average molecular weight is 505 g/mol. The van der Waals surface area contributed by atoms with Crippen molar-refractivity contribution in [1.29, 1.82) is 0 Å². The highest BCUT2D eigenvalue weighted by atomic mass is 127. The number of guanidine groups is 1. The third kappa shape index (κ3) is 8.44. The molecule has 1 aromatic rings. The molecule has 1 aromatic heterocycles. The summed E-state index contributed by atoms with van der Waals surface area (Å²) in [5, 5.41) is 15.3. The lowest BCUT2D eigenvalue weighted by Gasteiger charge is -2.33. The van der Waals surface area contributed by atoms with Gasteiger partial charge >= 0.3 is 0 Å². The molecule has 0 spiro atoms. The molecule has 28 heavy (non-hydrogen) atoms. The predicted octanol–water partition coefficient (Wildman–Crippen LogP) is 1.85. The predicted molar refractivity (Wildman–Crippen MR) is 124 cm³/mol. The second kappa shape index (κ2) is 13.1. The monoisotopic (exact) mass is 505 g/mol. The Morgan fingerprint density at radius 1 is 1.32 bits per heavy atom. The lowest BCUT2D eigenvalue weighted by Crippen LogP contribution is -2.49. The molecule has 9 heteroatoms. The van der Waals surface area contributed by atoms with Crippen molar-refractivity contribution in [2.45, 2.75) is 45.7 Å². The Kier molecular flexibility index (Phi) is 11.6. The Hall–Kier alpha value is -1.20. The lowest BCUT2D eigenvalue weighted by molar-refractivity contribution is 0.195. The standard InChI is InChI=1S/C19H35N7O.HI/c1-15(2)14-26-10-7-17(8-11-26)22-19(20-9-6-12-27-5)21-13-18-24-23-16(3)25(18)4;/h17H,1,6-14H2,2-5H3,(H2,20,21,22);1H. The van der Waals surface area contributed by atoms with E-state index in [9.17, 15) is 0 Å². The molecule has 0 aliphatic carbocycles. The maximum Gasteiger partial charge on any atom is 0.191 e. The second-order valence-electron chi connectivity index (χ2n) is 7.31. The van der Waals surface area contributed by atoms with Gasteiger partial charge in [0, 0.05) is 53.0 Å². The Bertz CT molecular complexity index is 624. The topological polar surface area (TPSA) is 79.6 Å². The van der Waals surface area contributed by atoms with Crippen molar-refractivity contribution in [1.82, 2.24) is 30.3 Å². The van der Waals surface area contributed by atoms with Gasteiger partial charge in [0.1, 0.15) is 12.4 Å². The smallest absolute Gasteiger partial charge is 0.191 e. The SMILES string of the molecule is C=C(C)CN1CCC(NC(=NCc2nnc(C)n2C)NCCCOC)CC1.I. The Labute approximate surface area is 186 Å². The van der Waals surface area contributed by atoms with E-state index in [0.29, 0.717) is 12.6 Å². The molecule has 0 atom stereocenters. The van der Waals surface area contributed by atoms with Crippen LogP contribution in [0, 0.1) is 6.92 Å². The molecular formula is C19H36IN7O. The van der Waals surface area contributed by atoms with Crippen molar-refractivity contribution in [2.24, 2.45) is 12.0 Å². The molecule has 0 unspecified atom stereocenters. The molecule has 2 rings (SSSR count). The number of aromatic nitrogens is 3. The van der Waals surface area contributed by atoms with Crippen molar-refractivity contribution >= 4 is 29.9 Å². The number of hydrogen-bond acceptors (Lipinski definition) is 5. The normalized spacial score (nSPS) is 15.9. The van der Waals surface area contributed by atoms with Gasteiger partial charge in [0.2, 0.25) is 0 Å². The minimum Gasteiger partial charge on any atom is -0.385 e. The first kappa shape index (κ1) is 24.8. The summed E-state index contributed by atoms with van der Waals surface area (Å²) >= 11 is 0. The first-order valence-corrected chi connectivity index (χ1v) is 9.75. The maximum atomic E-state index is 5.13. The molecule has 2 N–H and O–H groups in total. The van der Waals surface area contributed by atoms with Crippen molar-refractivity contribution in [3.63, 3.8) is 0 Å². The van der Waals surface area contributed by atoms with Gasteiger partial charge in [0.05, 0.1) is 0 Å². The highest BCUT2D eigenvalue weighted by molar-refractivity contribution is 14.0. The first-order valence-electron chi connectivity index (χ1n) is 9.75. The number of likely N-dealkylation sites (tertiary alicyclic amines) is 1. The van der Waals surface area contributed by atoms with Crippen LogP contribution in [0.1, 0.15) is 37.8 Å². The number of rotatable bonds is 9. The minimum atomic E-state index is 0. The van der Waals surface area contributed by atoms with E-state index in [1.165, 1.54) is 5.57 Å². The fourth-order valence-electron chi connectivity index (χ4n) is 3.12. The molecule has 0 radical (unpaired) electrons. The highest BCUT2D eigenvalue weighted by Gasteiger charge is 2.20. The number of ether oxygens (including phenoxy) is 1. The Morgan fingerprint density at radius 3 is 2.61 bits per heavy atom. The zero-order chi connectivity index (χ0) is 19.6. The quantitative estimate of drug-likeness (QED) is 0.175. The number of nitrogens with zero attached hydrogens (tertiary/aromatic N) is 5. The largest absolute Gasteiger partial charge is 0.385 e. The van der Waals surface area contributed by atoms with Gasteiger partial charge in [-0.2, -0.15) is 0 Å². The minimum absolute atomic E-state index is 0. The molecule has 2 heterocycles. The number of hydrogen-bond donors (Lipinski definition) is 2. The number of piperidine rings is 1. The van der Waals surface area contributed by atoms with Gasteiger partial charge in [-0.25, -0.2) is 4.99 Å². The molecule has 0 amide bonds. The van der Waals surface area contributed by atoms with Crippen LogP contribution in [0.3, 0.4) is 0 Å². The molecule has 0 saturated carbocycles. The van der Waals surface area contributed by atoms with Gasteiger partial charge < -0.3 is 19.9 Å². The zero-order valence-electron chi connectivity index (χ0n) is 17.7. The van der Waals surface area contributed by atoms with E-state index in [2.05, 4.69) is 39.2 Å². The van der Waals surface area contributed by atoms with Crippen molar-refractivity contribution in [2.75, 3.05) is 39.9 Å². The van der Waals surface area contributed by atoms with Crippen LogP contribution in [0.2, 0.25) is 0 Å². The zero-order valence-corrected chi connectivity index (χ0v) is 20.0. The summed E-state index contributed by atoms with van der Waals surface area (Å²) in [6.45, 7) is 13.3. The molecule has 160 valence electrons. The molecule has 1 aliphatic heterocycles. The first-order chi connectivity index (χ1) is 13.0. The van der Waals surface area contributed by atoms with E-state index >= 15 is 0 Å². The molecule has 1 aliphatic rings.